The van der Waals surface area contributed by atoms with E-state index in [2.05, 4.69) is 50.0 Å². The molecule has 88 valence electrons. The first-order valence-electron chi connectivity index (χ1n) is 5.90. The second kappa shape index (κ2) is 4.86. The van der Waals surface area contributed by atoms with Gasteiger partial charge < -0.3 is 10.2 Å². The molecule has 0 aliphatic carbocycles. The van der Waals surface area contributed by atoms with Crippen molar-refractivity contribution in [2.75, 3.05) is 26.7 Å². The van der Waals surface area contributed by atoms with Gasteiger partial charge in [0.15, 0.2) is 5.96 Å². The van der Waals surface area contributed by atoms with Crippen molar-refractivity contribution in [3.63, 3.8) is 0 Å². The molecule has 0 saturated carbocycles. The van der Waals surface area contributed by atoms with Crippen LogP contribution in [0.2, 0.25) is 0 Å². The van der Waals surface area contributed by atoms with E-state index in [4.69, 9.17) is 0 Å². The van der Waals surface area contributed by atoms with Crippen LogP contribution in [0.5, 0.6) is 0 Å². The summed E-state index contributed by atoms with van der Waals surface area (Å²) in [5.41, 5.74) is 0.347. The first-order valence-corrected chi connectivity index (χ1v) is 5.90. The van der Waals surface area contributed by atoms with Gasteiger partial charge in [0.2, 0.25) is 0 Å². The zero-order chi connectivity index (χ0) is 11.5. The minimum atomic E-state index is 0.347. The third kappa shape index (κ3) is 4.10. The van der Waals surface area contributed by atoms with Crippen molar-refractivity contribution >= 4 is 5.96 Å². The Kier molecular flexibility index (Phi) is 4.00. The summed E-state index contributed by atoms with van der Waals surface area (Å²) in [7, 11) is 2.09. The summed E-state index contributed by atoms with van der Waals surface area (Å²) in [5, 5.41) is 3.45. The van der Waals surface area contributed by atoms with Crippen LogP contribution in [0.15, 0.2) is 4.99 Å². The molecule has 0 amide bonds. The molecule has 1 rings (SSSR count). The average Bonchev–Trinajstić information content (AvgIpc) is 2.45. The first kappa shape index (κ1) is 12.3. The van der Waals surface area contributed by atoms with Crippen LogP contribution < -0.4 is 5.32 Å². The van der Waals surface area contributed by atoms with Crippen molar-refractivity contribution in [3.8, 4) is 0 Å². The molecule has 0 aromatic rings. The fourth-order valence-electron chi connectivity index (χ4n) is 2.22. The number of hydrogen-bond acceptors (Lipinski definition) is 3. The van der Waals surface area contributed by atoms with Crippen LogP contribution in [0.1, 0.15) is 34.1 Å². The Morgan fingerprint density at radius 1 is 1.47 bits per heavy atom. The Balaban J connectivity index is 2.35. The van der Waals surface area contributed by atoms with Crippen molar-refractivity contribution in [1.82, 2.24) is 10.2 Å². The van der Waals surface area contributed by atoms with Gasteiger partial charge in [-0.3, -0.25) is 4.99 Å². The van der Waals surface area contributed by atoms with E-state index in [9.17, 15) is 0 Å². The predicted octanol–water partition coefficient (Wildman–Crippen LogP) is 1.95. The van der Waals surface area contributed by atoms with E-state index in [0.29, 0.717) is 5.41 Å². The molecule has 1 aliphatic rings. The highest BCUT2D eigenvalue weighted by molar-refractivity contribution is 5.81. The second-order valence-corrected chi connectivity index (χ2v) is 5.74. The van der Waals surface area contributed by atoms with E-state index in [1.165, 1.54) is 6.42 Å². The van der Waals surface area contributed by atoms with Gasteiger partial charge in [-0.15, -0.1) is 0 Å². The third-order valence-electron chi connectivity index (χ3n) is 2.74. The highest BCUT2D eigenvalue weighted by Gasteiger charge is 2.21. The number of likely N-dealkylation sites (N-methyl/N-ethyl adjacent to an activating group) is 1. The summed E-state index contributed by atoms with van der Waals surface area (Å²) in [4.78, 5) is 6.62. The van der Waals surface area contributed by atoms with E-state index < -0.39 is 0 Å². The lowest BCUT2D eigenvalue weighted by molar-refractivity contribution is 0.284. The first-order chi connectivity index (χ1) is 6.91. The van der Waals surface area contributed by atoms with Crippen LogP contribution in [0.3, 0.4) is 0 Å². The van der Waals surface area contributed by atoms with E-state index >= 15 is 0 Å². The molecule has 15 heavy (non-hydrogen) atoms. The number of rotatable bonds is 4. The van der Waals surface area contributed by atoms with E-state index in [1.807, 2.05) is 0 Å². The minimum Gasteiger partial charge on any atom is -0.356 e. The number of nitrogens with zero attached hydrogens (tertiary/aromatic N) is 2. The number of nitrogens with one attached hydrogen (secondary N) is 1. The van der Waals surface area contributed by atoms with Gasteiger partial charge in [0, 0.05) is 20.1 Å². The molecule has 0 spiro atoms. The van der Waals surface area contributed by atoms with E-state index in [0.717, 1.165) is 31.5 Å². The molecule has 1 N–H and O–H groups in total. The second-order valence-electron chi connectivity index (χ2n) is 5.74. The van der Waals surface area contributed by atoms with Crippen molar-refractivity contribution in [2.45, 2.75) is 34.1 Å². The van der Waals surface area contributed by atoms with Gasteiger partial charge in [-0.2, -0.15) is 0 Å². The molecule has 0 bridgehead atoms. The molecule has 3 heteroatoms. The van der Waals surface area contributed by atoms with Crippen LogP contribution in [0.4, 0.5) is 0 Å². The molecule has 0 unspecified atom stereocenters. The standard InChI is InChI=1S/C12H25N3/c1-10(2)8-12(3,4)9-14-11-13-6-7-15(11)5/h10H,6-9H2,1-5H3,(H,13,14). The van der Waals surface area contributed by atoms with E-state index in [-0.39, 0.29) is 0 Å². The fraction of sp³-hybridized carbons (Fsp3) is 0.917. The summed E-state index contributed by atoms with van der Waals surface area (Å²) in [6.07, 6.45) is 1.25. The molecular weight excluding hydrogens is 186 g/mol. The summed E-state index contributed by atoms with van der Waals surface area (Å²) in [6.45, 7) is 12.2. The summed E-state index contributed by atoms with van der Waals surface area (Å²) in [5.74, 6) is 1.82. The lowest BCUT2D eigenvalue weighted by Crippen LogP contribution is -2.41. The quantitative estimate of drug-likeness (QED) is 0.769. The average molecular weight is 211 g/mol. The smallest absolute Gasteiger partial charge is 0.193 e. The lowest BCUT2D eigenvalue weighted by atomic mass is 9.84. The van der Waals surface area contributed by atoms with Crippen molar-refractivity contribution in [1.29, 1.82) is 0 Å². The summed E-state index contributed by atoms with van der Waals surface area (Å²) < 4.78 is 0. The van der Waals surface area contributed by atoms with E-state index in [1.54, 1.807) is 0 Å². The number of aliphatic imine (C=N–C) groups is 1. The zero-order valence-corrected chi connectivity index (χ0v) is 10.8. The normalized spacial score (nSPS) is 17.2. The summed E-state index contributed by atoms with van der Waals surface area (Å²) >= 11 is 0. The van der Waals surface area contributed by atoms with Crippen LogP contribution in [0, 0.1) is 11.3 Å². The molecule has 0 radical (unpaired) electrons. The van der Waals surface area contributed by atoms with Gasteiger partial charge >= 0.3 is 0 Å². The predicted molar refractivity (Wildman–Crippen MR) is 66.2 cm³/mol. The molecule has 0 atom stereocenters. The topological polar surface area (TPSA) is 27.6 Å². The molecule has 3 nitrogen and oxygen atoms in total. The highest BCUT2D eigenvalue weighted by atomic mass is 15.3. The minimum absolute atomic E-state index is 0.347. The van der Waals surface area contributed by atoms with Crippen LogP contribution in [-0.4, -0.2) is 37.5 Å². The Bertz CT molecular complexity index is 231. The Hall–Kier alpha value is -0.730. The molecular formula is C12H25N3. The van der Waals surface area contributed by atoms with Crippen molar-refractivity contribution < 1.29 is 0 Å². The number of guanidine groups is 1. The van der Waals surface area contributed by atoms with Gasteiger partial charge in [0.05, 0.1) is 6.54 Å². The number of hydrogen-bond donors (Lipinski definition) is 1. The largest absolute Gasteiger partial charge is 0.356 e. The van der Waals surface area contributed by atoms with Gasteiger partial charge in [-0.25, -0.2) is 0 Å². The van der Waals surface area contributed by atoms with Crippen molar-refractivity contribution in [2.24, 2.45) is 16.3 Å². The Labute approximate surface area is 94.0 Å². The van der Waals surface area contributed by atoms with Gasteiger partial charge in [0.25, 0.3) is 0 Å². The molecule has 0 aromatic carbocycles. The molecule has 0 fully saturated rings. The maximum absolute atomic E-state index is 4.43. The SMILES string of the molecule is CC(C)CC(C)(C)CNC1=NCCN1C. The molecule has 0 saturated heterocycles. The lowest BCUT2D eigenvalue weighted by Gasteiger charge is -2.28. The van der Waals surface area contributed by atoms with Crippen molar-refractivity contribution in [3.05, 3.63) is 0 Å². The maximum Gasteiger partial charge on any atom is 0.193 e. The molecule has 0 aromatic heterocycles. The molecule has 1 aliphatic heterocycles. The van der Waals surface area contributed by atoms with Gasteiger partial charge in [-0.1, -0.05) is 27.7 Å². The Morgan fingerprint density at radius 2 is 2.13 bits per heavy atom. The fourth-order valence-corrected chi connectivity index (χ4v) is 2.22. The van der Waals surface area contributed by atoms with Crippen LogP contribution >= 0.6 is 0 Å². The molecule has 1 heterocycles. The summed E-state index contributed by atoms with van der Waals surface area (Å²) in [6, 6.07) is 0. The van der Waals surface area contributed by atoms with Crippen LogP contribution in [0.25, 0.3) is 0 Å². The highest BCUT2D eigenvalue weighted by Crippen LogP contribution is 2.24. The Morgan fingerprint density at radius 3 is 2.60 bits per heavy atom. The van der Waals surface area contributed by atoms with Gasteiger partial charge in [-0.05, 0) is 17.8 Å². The zero-order valence-electron chi connectivity index (χ0n) is 10.8. The monoisotopic (exact) mass is 211 g/mol. The van der Waals surface area contributed by atoms with Gasteiger partial charge in [0.1, 0.15) is 0 Å². The van der Waals surface area contributed by atoms with Crippen LogP contribution in [-0.2, 0) is 0 Å². The third-order valence-corrected chi connectivity index (χ3v) is 2.74. The maximum atomic E-state index is 4.43.